The van der Waals surface area contributed by atoms with E-state index in [1.54, 1.807) is 6.92 Å². The first-order valence-electron chi connectivity index (χ1n) is 6.09. The van der Waals surface area contributed by atoms with Crippen LogP contribution in [0.25, 0.3) is 5.69 Å². The van der Waals surface area contributed by atoms with Crippen molar-refractivity contribution in [2.75, 3.05) is 6.61 Å². The Labute approximate surface area is 110 Å². The number of H-pyrrole nitrogens is 1. The predicted molar refractivity (Wildman–Crippen MR) is 71.8 cm³/mol. The Kier molecular flexibility index (Phi) is 3.55. The minimum Gasteiger partial charge on any atom is -0.462 e. The predicted octanol–water partition coefficient (Wildman–Crippen LogP) is 1.96. The summed E-state index contributed by atoms with van der Waals surface area (Å²) in [6.45, 7) is 5.85. The minimum absolute atomic E-state index is 0.0148. The average molecular weight is 260 g/mol. The maximum atomic E-state index is 12.1. The molecule has 1 aromatic carbocycles. The number of nitrogens with zero attached hydrogens (tertiary/aromatic N) is 1. The van der Waals surface area contributed by atoms with Gasteiger partial charge in [-0.05, 0) is 44.0 Å². The van der Waals surface area contributed by atoms with E-state index >= 15 is 0 Å². The van der Waals surface area contributed by atoms with E-state index in [-0.39, 0.29) is 12.2 Å². The van der Waals surface area contributed by atoms with Crippen LogP contribution in [0.5, 0.6) is 0 Å². The molecule has 0 fully saturated rings. The number of ether oxygens (including phenoxy) is 1. The molecular formula is C14H16N2O3. The summed E-state index contributed by atoms with van der Waals surface area (Å²) in [6.07, 6.45) is 1.37. The maximum Gasteiger partial charge on any atom is 0.345 e. The van der Waals surface area contributed by atoms with Crippen LogP contribution in [-0.2, 0) is 4.74 Å². The second kappa shape index (κ2) is 5.14. The second-order valence-electron chi connectivity index (χ2n) is 4.39. The molecule has 0 amide bonds. The SMILES string of the molecule is CCOC(=O)c1c[nH]n(-c2cc(C)cc(C)c2)c1=O. The first kappa shape index (κ1) is 13.1. The maximum absolute atomic E-state index is 12.1. The van der Waals surface area contributed by atoms with E-state index in [0.29, 0.717) is 5.69 Å². The van der Waals surface area contributed by atoms with Gasteiger partial charge in [-0.3, -0.25) is 9.89 Å². The number of aryl methyl sites for hydroxylation is 2. The van der Waals surface area contributed by atoms with E-state index in [4.69, 9.17) is 4.74 Å². The summed E-state index contributed by atoms with van der Waals surface area (Å²) < 4.78 is 6.17. The second-order valence-corrected chi connectivity index (χ2v) is 4.39. The zero-order chi connectivity index (χ0) is 14.0. The summed E-state index contributed by atoms with van der Waals surface area (Å²) in [5.74, 6) is -0.605. The van der Waals surface area contributed by atoms with E-state index in [9.17, 15) is 9.59 Å². The van der Waals surface area contributed by atoms with Crippen LogP contribution in [0.3, 0.4) is 0 Å². The van der Waals surface area contributed by atoms with Crippen LogP contribution in [0.15, 0.2) is 29.2 Å². The Balaban J connectivity index is 2.47. The number of esters is 1. The fraction of sp³-hybridized carbons (Fsp3) is 0.286. The minimum atomic E-state index is -0.605. The van der Waals surface area contributed by atoms with Gasteiger partial charge in [0.2, 0.25) is 0 Å². The van der Waals surface area contributed by atoms with E-state index in [2.05, 4.69) is 5.10 Å². The lowest BCUT2D eigenvalue weighted by Gasteiger charge is -2.04. The largest absolute Gasteiger partial charge is 0.462 e. The van der Waals surface area contributed by atoms with Crippen molar-refractivity contribution in [1.82, 2.24) is 9.78 Å². The highest BCUT2D eigenvalue weighted by molar-refractivity contribution is 5.88. The first-order chi connectivity index (χ1) is 9.02. The van der Waals surface area contributed by atoms with Crippen LogP contribution in [0.4, 0.5) is 0 Å². The number of nitrogens with one attached hydrogen (secondary N) is 1. The first-order valence-corrected chi connectivity index (χ1v) is 6.09. The van der Waals surface area contributed by atoms with Gasteiger partial charge in [-0.2, -0.15) is 0 Å². The fourth-order valence-electron chi connectivity index (χ4n) is 2.00. The highest BCUT2D eigenvalue weighted by atomic mass is 16.5. The molecule has 2 aromatic rings. The van der Waals surface area contributed by atoms with Gasteiger partial charge >= 0.3 is 5.97 Å². The average Bonchev–Trinajstić information content (AvgIpc) is 2.70. The monoisotopic (exact) mass is 260 g/mol. The summed E-state index contributed by atoms with van der Waals surface area (Å²) in [5.41, 5.74) is 2.42. The lowest BCUT2D eigenvalue weighted by Crippen LogP contribution is -2.21. The van der Waals surface area contributed by atoms with E-state index in [1.165, 1.54) is 10.9 Å². The molecule has 5 heteroatoms. The van der Waals surface area contributed by atoms with Gasteiger partial charge in [0.25, 0.3) is 5.56 Å². The molecule has 1 heterocycles. The molecule has 0 radical (unpaired) electrons. The van der Waals surface area contributed by atoms with Crippen molar-refractivity contribution >= 4 is 5.97 Å². The smallest absolute Gasteiger partial charge is 0.345 e. The van der Waals surface area contributed by atoms with Crippen molar-refractivity contribution in [3.05, 3.63) is 51.4 Å². The number of hydrogen-bond acceptors (Lipinski definition) is 3. The highest BCUT2D eigenvalue weighted by Crippen LogP contribution is 2.11. The van der Waals surface area contributed by atoms with E-state index in [1.807, 2.05) is 32.0 Å². The fourth-order valence-corrected chi connectivity index (χ4v) is 2.00. The number of hydrogen-bond donors (Lipinski definition) is 1. The standard InChI is InChI=1S/C14H16N2O3/c1-4-19-14(18)12-8-15-16(13(12)17)11-6-9(2)5-10(3)7-11/h5-8,15H,4H2,1-3H3. The third-order valence-corrected chi connectivity index (χ3v) is 2.73. The lowest BCUT2D eigenvalue weighted by molar-refractivity contribution is 0.0525. The Hall–Kier alpha value is -2.30. The van der Waals surface area contributed by atoms with E-state index in [0.717, 1.165) is 11.1 Å². The van der Waals surface area contributed by atoms with Crippen LogP contribution >= 0.6 is 0 Å². The number of aromatic nitrogens is 2. The van der Waals surface area contributed by atoms with Gasteiger partial charge in [-0.1, -0.05) is 6.07 Å². The summed E-state index contributed by atoms with van der Waals surface area (Å²) in [6, 6.07) is 5.77. The molecule has 5 nitrogen and oxygen atoms in total. The molecule has 100 valence electrons. The molecule has 1 aromatic heterocycles. The zero-order valence-electron chi connectivity index (χ0n) is 11.2. The molecule has 2 rings (SSSR count). The van der Waals surface area contributed by atoms with Crippen LogP contribution in [0.2, 0.25) is 0 Å². The van der Waals surface area contributed by atoms with Crippen LogP contribution in [0.1, 0.15) is 28.4 Å². The van der Waals surface area contributed by atoms with Crippen LogP contribution in [0, 0.1) is 13.8 Å². The van der Waals surface area contributed by atoms with Crippen LogP contribution in [-0.4, -0.2) is 22.4 Å². The highest BCUT2D eigenvalue weighted by Gasteiger charge is 2.16. The van der Waals surface area contributed by atoms with Crippen molar-refractivity contribution in [2.45, 2.75) is 20.8 Å². The number of carbonyl (C=O) groups excluding carboxylic acids is 1. The van der Waals surface area contributed by atoms with E-state index < -0.39 is 11.5 Å². The van der Waals surface area contributed by atoms with Crippen LogP contribution < -0.4 is 5.56 Å². The molecule has 0 unspecified atom stereocenters. The number of carbonyl (C=O) groups is 1. The normalized spacial score (nSPS) is 10.5. The molecule has 0 aliphatic carbocycles. The summed E-state index contributed by atoms with van der Waals surface area (Å²) >= 11 is 0. The molecule has 1 N–H and O–H groups in total. The molecule has 0 saturated heterocycles. The lowest BCUT2D eigenvalue weighted by atomic mass is 10.1. The summed E-state index contributed by atoms with van der Waals surface area (Å²) in [5, 5.41) is 2.79. The van der Waals surface area contributed by atoms with Gasteiger partial charge in [0.15, 0.2) is 0 Å². The quantitative estimate of drug-likeness (QED) is 0.858. The molecular weight excluding hydrogens is 244 g/mol. The molecule has 0 aliphatic rings. The van der Waals surface area contributed by atoms with Crippen molar-refractivity contribution in [2.24, 2.45) is 0 Å². The number of aromatic amines is 1. The Morgan fingerprint density at radius 2 is 1.89 bits per heavy atom. The molecule has 0 spiro atoms. The molecule has 0 atom stereocenters. The number of benzene rings is 1. The number of rotatable bonds is 3. The van der Waals surface area contributed by atoms with Gasteiger partial charge in [-0.15, -0.1) is 0 Å². The Morgan fingerprint density at radius 1 is 1.26 bits per heavy atom. The molecule has 0 aliphatic heterocycles. The Bertz CT molecular complexity index is 647. The summed E-state index contributed by atoms with van der Waals surface area (Å²) in [7, 11) is 0. The van der Waals surface area contributed by atoms with Gasteiger partial charge in [0.1, 0.15) is 5.56 Å². The van der Waals surface area contributed by atoms with Gasteiger partial charge < -0.3 is 4.74 Å². The molecule has 0 saturated carbocycles. The topological polar surface area (TPSA) is 64.1 Å². The molecule has 0 bridgehead atoms. The molecule has 19 heavy (non-hydrogen) atoms. The summed E-state index contributed by atoms with van der Waals surface area (Å²) in [4.78, 5) is 23.7. The third kappa shape index (κ3) is 2.59. The van der Waals surface area contributed by atoms with Gasteiger partial charge in [-0.25, -0.2) is 9.48 Å². The van der Waals surface area contributed by atoms with Gasteiger partial charge in [0, 0.05) is 6.20 Å². The van der Waals surface area contributed by atoms with Crippen molar-refractivity contribution in [1.29, 1.82) is 0 Å². The zero-order valence-corrected chi connectivity index (χ0v) is 11.2. The van der Waals surface area contributed by atoms with Gasteiger partial charge in [0.05, 0.1) is 12.3 Å². The third-order valence-electron chi connectivity index (χ3n) is 2.73. The Morgan fingerprint density at radius 3 is 2.47 bits per heavy atom. The van der Waals surface area contributed by atoms with Crippen molar-refractivity contribution in [3.8, 4) is 5.69 Å². The van der Waals surface area contributed by atoms with Crippen molar-refractivity contribution in [3.63, 3.8) is 0 Å². The van der Waals surface area contributed by atoms with Crippen molar-refractivity contribution < 1.29 is 9.53 Å².